The van der Waals surface area contributed by atoms with Gasteiger partial charge in [-0.2, -0.15) is 0 Å². The molecule has 0 bridgehead atoms. The van der Waals surface area contributed by atoms with Crippen molar-refractivity contribution in [3.8, 4) is 0 Å². The monoisotopic (exact) mass is 383 g/mol. The Labute approximate surface area is 166 Å². The van der Waals surface area contributed by atoms with Crippen molar-refractivity contribution >= 4 is 5.91 Å². The summed E-state index contributed by atoms with van der Waals surface area (Å²) in [6.07, 6.45) is 1.86. The van der Waals surface area contributed by atoms with Crippen LogP contribution in [0.5, 0.6) is 0 Å². The first-order chi connectivity index (χ1) is 13.6. The Bertz CT molecular complexity index is 803. The fraction of sp³-hybridized carbons (Fsp3) is 0.571. The minimum absolute atomic E-state index is 0.129. The van der Waals surface area contributed by atoms with Gasteiger partial charge in [0.2, 0.25) is 0 Å². The lowest BCUT2D eigenvalue weighted by atomic mass is 9.95. The van der Waals surface area contributed by atoms with E-state index in [9.17, 15) is 4.79 Å². The third-order valence-electron chi connectivity index (χ3n) is 5.91. The molecule has 1 aromatic heterocycles. The lowest BCUT2D eigenvalue weighted by Gasteiger charge is -2.31. The summed E-state index contributed by atoms with van der Waals surface area (Å²) in [5.41, 5.74) is 1.95. The number of hydrogen-bond acceptors (Lipinski definition) is 5. The fourth-order valence-electron chi connectivity index (χ4n) is 4.05. The first-order valence-corrected chi connectivity index (χ1v) is 10.2. The van der Waals surface area contributed by atoms with E-state index in [2.05, 4.69) is 26.7 Å². The molecule has 2 aliphatic heterocycles. The van der Waals surface area contributed by atoms with Crippen LogP contribution in [0.15, 0.2) is 24.3 Å². The highest BCUT2D eigenvalue weighted by Crippen LogP contribution is 2.28. The lowest BCUT2D eigenvalue weighted by molar-refractivity contribution is 0.0326. The Morgan fingerprint density at radius 1 is 1.07 bits per heavy atom. The van der Waals surface area contributed by atoms with Gasteiger partial charge < -0.3 is 14.2 Å². The minimum atomic E-state index is 0.129. The highest BCUT2D eigenvalue weighted by atomic mass is 16.5. The second-order valence-electron chi connectivity index (χ2n) is 7.85. The second-order valence-corrected chi connectivity index (χ2v) is 7.85. The van der Waals surface area contributed by atoms with E-state index in [-0.39, 0.29) is 5.91 Å². The topological polar surface area (TPSA) is 63.5 Å². The third-order valence-corrected chi connectivity index (χ3v) is 5.91. The maximum atomic E-state index is 12.7. The molecule has 150 valence electrons. The van der Waals surface area contributed by atoms with E-state index in [0.29, 0.717) is 5.92 Å². The Balaban J connectivity index is 1.36. The number of carbonyl (C=O) groups excluding carboxylic acids is 1. The number of aromatic nitrogens is 3. The molecule has 0 saturated carbocycles. The smallest absolute Gasteiger partial charge is 0.253 e. The molecule has 28 heavy (non-hydrogen) atoms. The summed E-state index contributed by atoms with van der Waals surface area (Å²) in [5, 5.41) is 8.94. The summed E-state index contributed by atoms with van der Waals surface area (Å²) >= 11 is 0. The van der Waals surface area contributed by atoms with Gasteiger partial charge in [0, 0.05) is 44.7 Å². The van der Waals surface area contributed by atoms with Crippen LogP contribution in [0.4, 0.5) is 0 Å². The molecule has 0 aliphatic carbocycles. The van der Waals surface area contributed by atoms with Crippen molar-refractivity contribution in [1.82, 2.24) is 24.6 Å². The van der Waals surface area contributed by atoms with Gasteiger partial charge in [0.1, 0.15) is 11.6 Å². The highest BCUT2D eigenvalue weighted by Gasteiger charge is 2.28. The average molecular weight is 383 g/mol. The summed E-state index contributed by atoms with van der Waals surface area (Å²) in [7, 11) is 2.06. The van der Waals surface area contributed by atoms with Gasteiger partial charge >= 0.3 is 0 Å². The van der Waals surface area contributed by atoms with Crippen LogP contribution in [0.3, 0.4) is 0 Å². The van der Waals surface area contributed by atoms with E-state index in [1.165, 1.54) is 5.56 Å². The van der Waals surface area contributed by atoms with Crippen molar-refractivity contribution in [3.05, 3.63) is 47.0 Å². The van der Waals surface area contributed by atoms with Crippen molar-refractivity contribution in [2.75, 3.05) is 39.4 Å². The van der Waals surface area contributed by atoms with E-state index in [1.807, 2.05) is 36.1 Å². The summed E-state index contributed by atoms with van der Waals surface area (Å²) in [6, 6.07) is 7.83. The molecule has 2 fully saturated rings. The molecule has 2 aliphatic rings. The van der Waals surface area contributed by atoms with Crippen LogP contribution in [0.25, 0.3) is 0 Å². The number of ether oxygens (including phenoxy) is 1. The molecule has 3 heterocycles. The second kappa shape index (κ2) is 8.41. The molecule has 2 aromatic rings. The Kier molecular flexibility index (Phi) is 5.73. The predicted molar refractivity (Wildman–Crippen MR) is 106 cm³/mol. The molecule has 2 saturated heterocycles. The quantitative estimate of drug-likeness (QED) is 0.808. The first kappa shape index (κ1) is 19.1. The summed E-state index contributed by atoms with van der Waals surface area (Å²) in [5.74, 6) is 2.54. The summed E-state index contributed by atoms with van der Waals surface area (Å²) in [4.78, 5) is 17.0. The van der Waals surface area contributed by atoms with E-state index >= 15 is 0 Å². The average Bonchev–Trinajstić information content (AvgIpc) is 3.09. The Morgan fingerprint density at radius 2 is 1.75 bits per heavy atom. The maximum Gasteiger partial charge on any atom is 0.253 e. The van der Waals surface area contributed by atoms with Crippen molar-refractivity contribution in [2.24, 2.45) is 7.05 Å². The van der Waals surface area contributed by atoms with Gasteiger partial charge in [0.25, 0.3) is 5.91 Å². The van der Waals surface area contributed by atoms with Gasteiger partial charge in [0.15, 0.2) is 0 Å². The van der Waals surface area contributed by atoms with Gasteiger partial charge in [-0.05, 0) is 31.9 Å². The van der Waals surface area contributed by atoms with E-state index < -0.39 is 0 Å². The maximum absolute atomic E-state index is 12.7. The zero-order chi connectivity index (χ0) is 19.5. The van der Waals surface area contributed by atoms with E-state index in [4.69, 9.17) is 4.74 Å². The number of nitrogens with zero attached hydrogens (tertiary/aromatic N) is 5. The summed E-state index contributed by atoms with van der Waals surface area (Å²) in [6.45, 7) is 7.86. The first-order valence-electron chi connectivity index (χ1n) is 10.2. The van der Waals surface area contributed by atoms with Crippen LogP contribution >= 0.6 is 0 Å². The Hall–Kier alpha value is -2.25. The molecule has 0 spiro atoms. The third kappa shape index (κ3) is 4.10. The predicted octanol–water partition coefficient (Wildman–Crippen LogP) is 1.98. The number of amides is 1. The molecule has 7 heteroatoms. The largest absolute Gasteiger partial charge is 0.379 e. The normalized spacial score (nSPS) is 19.1. The van der Waals surface area contributed by atoms with Gasteiger partial charge in [-0.1, -0.05) is 17.7 Å². The molecule has 0 radical (unpaired) electrons. The molecule has 0 N–H and O–H groups in total. The number of benzene rings is 1. The fourth-order valence-corrected chi connectivity index (χ4v) is 4.05. The molecule has 0 atom stereocenters. The molecule has 1 amide bonds. The number of morpholine rings is 1. The highest BCUT2D eigenvalue weighted by molar-refractivity contribution is 5.94. The number of likely N-dealkylation sites (tertiary alicyclic amines) is 1. The van der Waals surface area contributed by atoms with E-state index in [0.717, 1.165) is 76.0 Å². The molecule has 0 unspecified atom stereocenters. The Morgan fingerprint density at radius 3 is 2.43 bits per heavy atom. The van der Waals surface area contributed by atoms with E-state index in [1.54, 1.807) is 0 Å². The number of rotatable bonds is 4. The SMILES string of the molecule is Cc1ccc(C(=O)N2CCC(c3nnc(CN4CCOCC4)n3C)CC2)cc1. The number of hydrogen-bond donors (Lipinski definition) is 0. The van der Waals surface area contributed by atoms with Crippen LogP contribution in [0, 0.1) is 6.92 Å². The standard InChI is InChI=1S/C21H29N5O2/c1-16-3-5-18(6-4-16)21(27)26-9-7-17(8-10-26)20-23-22-19(24(20)2)15-25-11-13-28-14-12-25/h3-6,17H,7-15H2,1-2H3. The van der Waals surface area contributed by atoms with Gasteiger partial charge in [0.05, 0.1) is 19.8 Å². The molecule has 7 nitrogen and oxygen atoms in total. The van der Waals surface area contributed by atoms with Crippen LogP contribution in [-0.2, 0) is 18.3 Å². The van der Waals surface area contributed by atoms with Crippen molar-refractivity contribution < 1.29 is 9.53 Å². The number of carbonyl (C=O) groups is 1. The summed E-state index contributed by atoms with van der Waals surface area (Å²) < 4.78 is 7.57. The zero-order valence-corrected chi connectivity index (χ0v) is 16.8. The minimum Gasteiger partial charge on any atom is -0.379 e. The van der Waals surface area contributed by atoms with Crippen LogP contribution < -0.4 is 0 Å². The van der Waals surface area contributed by atoms with Gasteiger partial charge in [-0.15, -0.1) is 10.2 Å². The van der Waals surface area contributed by atoms with Crippen molar-refractivity contribution in [2.45, 2.75) is 32.2 Å². The zero-order valence-electron chi connectivity index (χ0n) is 16.8. The van der Waals surface area contributed by atoms with Crippen LogP contribution in [0.1, 0.15) is 46.3 Å². The van der Waals surface area contributed by atoms with Gasteiger partial charge in [-0.3, -0.25) is 9.69 Å². The molecular formula is C21H29N5O2. The van der Waals surface area contributed by atoms with Crippen LogP contribution in [-0.4, -0.2) is 69.9 Å². The molecule has 1 aromatic carbocycles. The number of aryl methyl sites for hydroxylation is 1. The van der Waals surface area contributed by atoms with Gasteiger partial charge in [-0.25, -0.2) is 0 Å². The molecule has 4 rings (SSSR count). The van der Waals surface area contributed by atoms with Crippen molar-refractivity contribution in [1.29, 1.82) is 0 Å². The lowest BCUT2D eigenvalue weighted by Crippen LogP contribution is -2.38. The molecular weight excluding hydrogens is 354 g/mol. The number of piperidine rings is 1. The van der Waals surface area contributed by atoms with Crippen molar-refractivity contribution in [3.63, 3.8) is 0 Å². The van der Waals surface area contributed by atoms with Crippen LogP contribution in [0.2, 0.25) is 0 Å².